The van der Waals surface area contributed by atoms with Crippen molar-refractivity contribution in [2.24, 2.45) is 0 Å². The van der Waals surface area contributed by atoms with E-state index in [2.05, 4.69) is 11.1 Å². The van der Waals surface area contributed by atoms with Gasteiger partial charge in [0.05, 0.1) is 5.52 Å². The largest absolute Gasteiger partial charge is 0.336 e. The third-order valence-electron chi connectivity index (χ3n) is 5.47. The number of hydrogen-bond donors (Lipinski definition) is 0. The molecule has 1 aromatic carbocycles. The Morgan fingerprint density at radius 1 is 0.889 bits per heavy atom. The van der Waals surface area contributed by atoms with Gasteiger partial charge in [-0.2, -0.15) is 0 Å². The van der Waals surface area contributed by atoms with Crippen molar-refractivity contribution in [3.63, 3.8) is 0 Å². The summed E-state index contributed by atoms with van der Waals surface area (Å²) in [7, 11) is 0. The second kappa shape index (κ2) is 6.23. The minimum absolute atomic E-state index is 0.102. The molecule has 136 valence electrons. The lowest BCUT2D eigenvalue weighted by Crippen LogP contribution is -2.30. The molecule has 6 nitrogen and oxygen atoms in total. The zero-order chi connectivity index (χ0) is 18.4. The van der Waals surface area contributed by atoms with Gasteiger partial charge < -0.3 is 9.80 Å². The second-order valence-corrected chi connectivity index (χ2v) is 7.07. The van der Waals surface area contributed by atoms with Crippen molar-refractivity contribution in [3.8, 4) is 0 Å². The number of hydrogen-bond acceptors (Lipinski definition) is 3. The van der Waals surface area contributed by atoms with Crippen LogP contribution in [-0.4, -0.2) is 45.7 Å². The summed E-state index contributed by atoms with van der Waals surface area (Å²) in [6.07, 6.45) is 4.68. The van der Waals surface area contributed by atoms with Gasteiger partial charge in [0.1, 0.15) is 0 Å². The Hall–Kier alpha value is -3.15. The summed E-state index contributed by atoms with van der Waals surface area (Å²) in [5, 5.41) is 0. The van der Waals surface area contributed by atoms with Crippen molar-refractivity contribution in [2.75, 3.05) is 24.5 Å². The molecule has 5 rings (SSSR count). The van der Waals surface area contributed by atoms with Crippen molar-refractivity contribution in [1.82, 2.24) is 14.3 Å². The van der Waals surface area contributed by atoms with Gasteiger partial charge in [-0.1, -0.05) is 24.3 Å². The molecule has 0 unspecified atom stereocenters. The second-order valence-electron chi connectivity index (χ2n) is 7.07. The smallest absolute Gasteiger partial charge is 0.290 e. The number of anilines is 1. The van der Waals surface area contributed by atoms with Crippen LogP contribution in [-0.2, 0) is 6.42 Å². The summed E-state index contributed by atoms with van der Waals surface area (Å²) in [6, 6.07) is 13.5. The van der Waals surface area contributed by atoms with Crippen LogP contribution in [0, 0.1) is 0 Å². The first kappa shape index (κ1) is 16.1. The summed E-state index contributed by atoms with van der Waals surface area (Å²) in [5.74, 6) is 0.0713. The molecule has 3 aromatic rings. The van der Waals surface area contributed by atoms with Crippen LogP contribution in [0.1, 0.15) is 39.5 Å². The number of imidazole rings is 1. The average Bonchev–Trinajstić information content (AvgIpc) is 3.45. The number of para-hydroxylation sites is 1. The van der Waals surface area contributed by atoms with Crippen LogP contribution >= 0.6 is 0 Å². The minimum atomic E-state index is -0.149. The lowest BCUT2D eigenvalue weighted by molar-refractivity contribution is 0.0780. The van der Waals surface area contributed by atoms with Gasteiger partial charge in [0.25, 0.3) is 11.8 Å². The van der Waals surface area contributed by atoms with Gasteiger partial charge in [-0.25, -0.2) is 4.98 Å². The summed E-state index contributed by atoms with van der Waals surface area (Å²) in [5.41, 5.74) is 3.12. The Labute approximate surface area is 157 Å². The predicted octanol–water partition coefficient (Wildman–Crippen LogP) is 2.77. The molecule has 2 amide bonds. The number of rotatable bonds is 2. The molecule has 0 aliphatic carbocycles. The highest BCUT2D eigenvalue weighted by atomic mass is 16.2. The number of nitrogens with zero attached hydrogens (tertiary/aromatic N) is 4. The van der Waals surface area contributed by atoms with Gasteiger partial charge in [0.2, 0.25) is 5.82 Å². The molecule has 2 aliphatic heterocycles. The van der Waals surface area contributed by atoms with Gasteiger partial charge in [-0.15, -0.1) is 0 Å². The summed E-state index contributed by atoms with van der Waals surface area (Å²) >= 11 is 0. The molecule has 1 fully saturated rings. The summed E-state index contributed by atoms with van der Waals surface area (Å²) < 4.78 is 1.75. The van der Waals surface area contributed by atoms with Gasteiger partial charge in [0, 0.05) is 31.5 Å². The highest BCUT2D eigenvalue weighted by molar-refractivity contribution is 6.11. The van der Waals surface area contributed by atoms with E-state index in [-0.39, 0.29) is 11.8 Å². The molecule has 6 heteroatoms. The first-order chi connectivity index (χ1) is 13.2. The number of benzene rings is 1. The topological polar surface area (TPSA) is 57.9 Å². The quantitative estimate of drug-likeness (QED) is 0.706. The van der Waals surface area contributed by atoms with E-state index < -0.39 is 0 Å². The van der Waals surface area contributed by atoms with E-state index in [0.717, 1.165) is 38.0 Å². The third-order valence-corrected chi connectivity index (χ3v) is 5.47. The zero-order valence-corrected chi connectivity index (χ0v) is 15.0. The lowest BCUT2D eigenvalue weighted by Gasteiger charge is -2.16. The minimum Gasteiger partial charge on any atom is -0.336 e. The first-order valence-corrected chi connectivity index (χ1v) is 9.40. The number of fused-ring (bicyclic) bond motifs is 2. The zero-order valence-electron chi connectivity index (χ0n) is 15.0. The van der Waals surface area contributed by atoms with Crippen LogP contribution in [0.4, 0.5) is 5.69 Å². The number of likely N-dealkylation sites (tertiary alicyclic amines) is 1. The standard InChI is InChI=1S/C21H20N4O2/c26-20(25-14-10-15-7-1-2-8-16(15)25)18-17-9-3-4-13-24(17)19(22-18)21(27)23-11-5-6-12-23/h1-4,7-9,13H,5-6,10-12,14H2. The van der Waals surface area contributed by atoms with E-state index >= 15 is 0 Å². The van der Waals surface area contributed by atoms with Crippen molar-refractivity contribution < 1.29 is 9.59 Å². The molecule has 0 bridgehead atoms. The molecule has 27 heavy (non-hydrogen) atoms. The summed E-state index contributed by atoms with van der Waals surface area (Å²) in [4.78, 5) is 34.4. The highest BCUT2D eigenvalue weighted by Crippen LogP contribution is 2.29. The average molecular weight is 360 g/mol. The number of amides is 2. The number of aromatic nitrogens is 2. The van der Waals surface area contributed by atoms with E-state index in [0.29, 0.717) is 23.6 Å². The van der Waals surface area contributed by atoms with Crippen molar-refractivity contribution in [1.29, 1.82) is 0 Å². The Morgan fingerprint density at radius 2 is 1.67 bits per heavy atom. The van der Waals surface area contributed by atoms with Gasteiger partial charge >= 0.3 is 0 Å². The Morgan fingerprint density at radius 3 is 2.52 bits per heavy atom. The van der Waals surface area contributed by atoms with Gasteiger partial charge in [0.15, 0.2) is 5.69 Å². The molecule has 2 aromatic heterocycles. The molecular weight excluding hydrogens is 340 g/mol. The highest BCUT2D eigenvalue weighted by Gasteiger charge is 2.31. The van der Waals surface area contributed by atoms with Crippen LogP contribution in [0.2, 0.25) is 0 Å². The summed E-state index contributed by atoms with van der Waals surface area (Å²) in [6.45, 7) is 2.14. The van der Waals surface area contributed by atoms with Crippen LogP contribution in [0.3, 0.4) is 0 Å². The fourth-order valence-electron chi connectivity index (χ4n) is 4.08. The molecule has 2 aliphatic rings. The fourth-order valence-corrected chi connectivity index (χ4v) is 4.08. The molecule has 0 radical (unpaired) electrons. The Bertz CT molecular complexity index is 1050. The van der Waals surface area contributed by atoms with Crippen LogP contribution in [0.25, 0.3) is 5.52 Å². The Balaban J connectivity index is 1.58. The van der Waals surface area contributed by atoms with Crippen molar-refractivity contribution in [2.45, 2.75) is 19.3 Å². The molecule has 0 saturated carbocycles. The molecule has 0 atom stereocenters. The maximum Gasteiger partial charge on any atom is 0.290 e. The van der Waals surface area contributed by atoms with E-state index in [1.165, 1.54) is 5.56 Å². The maximum absolute atomic E-state index is 13.3. The Kier molecular flexibility index (Phi) is 3.70. The van der Waals surface area contributed by atoms with E-state index in [1.807, 2.05) is 41.3 Å². The van der Waals surface area contributed by atoms with E-state index in [9.17, 15) is 9.59 Å². The van der Waals surface area contributed by atoms with E-state index in [1.54, 1.807) is 15.5 Å². The third kappa shape index (κ3) is 2.51. The van der Waals surface area contributed by atoms with Crippen LogP contribution in [0.15, 0.2) is 48.7 Å². The monoisotopic (exact) mass is 360 g/mol. The number of pyridine rings is 1. The van der Waals surface area contributed by atoms with E-state index in [4.69, 9.17) is 0 Å². The molecular formula is C21H20N4O2. The molecule has 1 saturated heterocycles. The SMILES string of the molecule is O=C(c1nc(C(=O)N2CCc3ccccc32)c2ccccn12)N1CCCC1. The molecule has 0 N–H and O–H groups in total. The van der Waals surface area contributed by atoms with Crippen molar-refractivity contribution >= 4 is 23.0 Å². The predicted molar refractivity (Wildman–Crippen MR) is 102 cm³/mol. The molecule has 0 spiro atoms. The fraction of sp³-hybridized carbons (Fsp3) is 0.286. The van der Waals surface area contributed by atoms with Gasteiger partial charge in [-0.3, -0.25) is 14.0 Å². The van der Waals surface area contributed by atoms with Gasteiger partial charge in [-0.05, 0) is 43.0 Å². The van der Waals surface area contributed by atoms with Crippen molar-refractivity contribution in [3.05, 3.63) is 65.7 Å². The van der Waals surface area contributed by atoms with Crippen LogP contribution in [0.5, 0.6) is 0 Å². The molecule has 4 heterocycles. The number of carbonyl (C=O) groups excluding carboxylic acids is 2. The lowest BCUT2D eigenvalue weighted by atomic mass is 10.2. The maximum atomic E-state index is 13.3. The number of carbonyl (C=O) groups is 2. The van der Waals surface area contributed by atoms with Crippen LogP contribution < -0.4 is 4.90 Å². The first-order valence-electron chi connectivity index (χ1n) is 9.40. The normalized spacial score (nSPS) is 16.1.